The largest absolute Gasteiger partial charge is 0.350 e. The van der Waals surface area contributed by atoms with Crippen LogP contribution in [0.25, 0.3) is 0 Å². The molecule has 0 spiro atoms. The monoisotopic (exact) mass is 277 g/mol. The Balaban J connectivity index is 2.02. The maximum absolute atomic E-state index is 14.0. The molecule has 1 aromatic carbocycles. The molecule has 3 rings (SSSR count). The van der Waals surface area contributed by atoms with Crippen molar-refractivity contribution in [2.75, 3.05) is 23.3 Å². The van der Waals surface area contributed by atoms with Crippen molar-refractivity contribution >= 4 is 34.9 Å². The van der Waals surface area contributed by atoms with Crippen LogP contribution in [0.3, 0.4) is 0 Å². The van der Waals surface area contributed by atoms with Crippen molar-refractivity contribution in [3.8, 4) is 0 Å². The van der Waals surface area contributed by atoms with Gasteiger partial charge in [0.2, 0.25) is 11.8 Å². The second-order valence-corrected chi connectivity index (χ2v) is 4.46. The zero-order valence-corrected chi connectivity index (χ0v) is 10.0. The number of hydrogen-bond acceptors (Lipinski definition) is 5. The minimum Gasteiger partial charge on any atom is -0.350 e. The quantitative estimate of drug-likeness (QED) is 0.529. The summed E-state index contributed by atoms with van der Waals surface area (Å²) in [4.78, 5) is 46.5. The van der Waals surface area contributed by atoms with E-state index in [1.807, 2.05) is 0 Å². The number of carbonyl (C=O) groups excluding carboxylic acids is 4. The zero-order valence-electron chi connectivity index (χ0n) is 10.0. The van der Waals surface area contributed by atoms with Crippen LogP contribution in [0.1, 0.15) is 10.4 Å². The van der Waals surface area contributed by atoms with Gasteiger partial charge in [-0.3, -0.25) is 24.5 Å². The number of hydrogen-bond donors (Lipinski definition) is 2. The Labute approximate surface area is 111 Å². The predicted molar refractivity (Wildman–Crippen MR) is 64.7 cm³/mol. The van der Waals surface area contributed by atoms with Crippen molar-refractivity contribution in [1.29, 1.82) is 0 Å². The average molecular weight is 277 g/mol. The number of Topliss-reactive ketones (excluding diaryl/α,β-unsaturated/α-hetero) is 1. The van der Waals surface area contributed by atoms with E-state index in [1.165, 1.54) is 11.0 Å². The molecule has 1 saturated heterocycles. The molecule has 102 valence electrons. The van der Waals surface area contributed by atoms with Crippen molar-refractivity contribution in [3.05, 3.63) is 23.5 Å². The number of fused-ring (bicyclic) bond motifs is 1. The molecule has 0 saturated carbocycles. The van der Waals surface area contributed by atoms with E-state index in [1.54, 1.807) is 0 Å². The summed E-state index contributed by atoms with van der Waals surface area (Å²) < 4.78 is 14.0. The summed E-state index contributed by atoms with van der Waals surface area (Å²) in [5, 5.41) is 4.41. The first-order valence-electron chi connectivity index (χ1n) is 5.72. The molecular weight excluding hydrogens is 269 g/mol. The van der Waals surface area contributed by atoms with Crippen molar-refractivity contribution < 1.29 is 23.6 Å². The van der Waals surface area contributed by atoms with Crippen LogP contribution in [0, 0.1) is 5.82 Å². The van der Waals surface area contributed by atoms with E-state index in [4.69, 9.17) is 0 Å². The van der Waals surface area contributed by atoms with Gasteiger partial charge in [0.25, 0.3) is 11.7 Å². The van der Waals surface area contributed by atoms with Crippen molar-refractivity contribution in [2.45, 2.75) is 0 Å². The molecule has 0 unspecified atom stereocenters. The normalized spacial score (nSPS) is 17.9. The smallest absolute Gasteiger partial charge is 0.296 e. The lowest BCUT2D eigenvalue weighted by Gasteiger charge is -2.27. The van der Waals surface area contributed by atoms with Crippen LogP contribution in [0.5, 0.6) is 0 Å². The number of carbonyl (C=O) groups is 4. The number of anilines is 2. The first-order chi connectivity index (χ1) is 9.45. The SMILES string of the molecule is O=C1CN(c2cc3c(cc2F)C(=O)C(=O)N3)CC(=O)N1. The molecule has 8 heteroatoms. The molecule has 2 aliphatic heterocycles. The highest BCUT2D eigenvalue weighted by atomic mass is 19.1. The molecule has 3 amide bonds. The molecule has 1 aromatic rings. The molecule has 20 heavy (non-hydrogen) atoms. The lowest BCUT2D eigenvalue weighted by atomic mass is 10.1. The highest BCUT2D eigenvalue weighted by molar-refractivity contribution is 6.51. The van der Waals surface area contributed by atoms with E-state index >= 15 is 0 Å². The molecule has 2 N–H and O–H groups in total. The van der Waals surface area contributed by atoms with Crippen molar-refractivity contribution in [2.24, 2.45) is 0 Å². The summed E-state index contributed by atoms with van der Waals surface area (Å²) >= 11 is 0. The number of nitrogens with zero attached hydrogens (tertiary/aromatic N) is 1. The van der Waals surface area contributed by atoms with Crippen LogP contribution < -0.4 is 15.5 Å². The maximum atomic E-state index is 14.0. The third-order valence-electron chi connectivity index (χ3n) is 3.07. The van der Waals surface area contributed by atoms with Gasteiger partial charge in [-0.15, -0.1) is 0 Å². The van der Waals surface area contributed by atoms with Gasteiger partial charge in [-0.25, -0.2) is 4.39 Å². The second-order valence-electron chi connectivity index (χ2n) is 4.46. The molecule has 0 aliphatic carbocycles. The topological polar surface area (TPSA) is 95.6 Å². The molecular formula is C12H8FN3O4. The van der Waals surface area contributed by atoms with E-state index in [9.17, 15) is 23.6 Å². The fourth-order valence-corrected chi connectivity index (χ4v) is 2.20. The molecule has 2 aliphatic rings. The predicted octanol–water partition coefficient (Wildman–Crippen LogP) is -0.577. The number of ketones is 1. The third-order valence-corrected chi connectivity index (χ3v) is 3.07. The number of benzene rings is 1. The van der Waals surface area contributed by atoms with Crippen LogP contribution in [0.4, 0.5) is 15.8 Å². The summed E-state index contributed by atoms with van der Waals surface area (Å²) in [6.45, 7) is -0.354. The third kappa shape index (κ3) is 1.81. The Morgan fingerprint density at radius 1 is 1.00 bits per heavy atom. The standard InChI is InChI=1S/C12H8FN3O4/c13-6-1-5-7(14-12(20)11(5)19)2-8(6)16-3-9(17)15-10(18)4-16/h1-2H,3-4H2,(H,14,19,20)(H,15,17,18). The lowest BCUT2D eigenvalue weighted by molar-refractivity contribution is -0.130. The van der Waals surface area contributed by atoms with E-state index in [0.29, 0.717) is 0 Å². The molecule has 2 heterocycles. The van der Waals surface area contributed by atoms with Crippen molar-refractivity contribution in [1.82, 2.24) is 5.32 Å². The first kappa shape index (κ1) is 12.3. The molecule has 1 fully saturated rings. The van der Waals surface area contributed by atoms with E-state index in [-0.39, 0.29) is 30.0 Å². The van der Waals surface area contributed by atoms with Gasteiger partial charge in [-0.05, 0) is 12.1 Å². The Morgan fingerprint density at radius 3 is 2.30 bits per heavy atom. The molecule has 0 bridgehead atoms. The minimum atomic E-state index is -0.830. The van der Waals surface area contributed by atoms with Gasteiger partial charge in [-0.1, -0.05) is 0 Å². The van der Waals surface area contributed by atoms with Crippen molar-refractivity contribution in [3.63, 3.8) is 0 Å². The van der Waals surface area contributed by atoms with Gasteiger partial charge in [0, 0.05) is 0 Å². The fraction of sp³-hybridized carbons (Fsp3) is 0.167. The summed E-state index contributed by atoms with van der Waals surface area (Å²) in [6.07, 6.45) is 0. The lowest BCUT2D eigenvalue weighted by Crippen LogP contribution is -2.51. The molecule has 7 nitrogen and oxygen atoms in total. The molecule has 0 atom stereocenters. The highest BCUT2D eigenvalue weighted by Gasteiger charge is 2.32. The van der Waals surface area contributed by atoms with Crippen LogP contribution in [0.15, 0.2) is 12.1 Å². The number of piperazine rings is 1. The van der Waals surface area contributed by atoms with E-state index < -0.39 is 29.3 Å². The van der Waals surface area contributed by atoms with Crippen LogP contribution >= 0.6 is 0 Å². The van der Waals surface area contributed by atoms with Gasteiger partial charge in [0.15, 0.2) is 0 Å². The summed E-state index contributed by atoms with van der Waals surface area (Å²) in [7, 11) is 0. The number of amides is 3. The van der Waals surface area contributed by atoms with Crippen LogP contribution in [0.2, 0.25) is 0 Å². The van der Waals surface area contributed by atoms with Crippen LogP contribution in [-0.2, 0) is 14.4 Å². The number of nitrogens with one attached hydrogen (secondary N) is 2. The van der Waals surface area contributed by atoms with Gasteiger partial charge in [-0.2, -0.15) is 0 Å². The van der Waals surface area contributed by atoms with E-state index in [0.717, 1.165) is 6.07 Å². The Morgan fingerprint density at radius 2 is 1.65 bits per heavy atom. The summed E-state index contributed by atoms with van der Waals surface area (Å²) in [6, 6.07) is 2.18. The minimum absolute atomic E-state index is 0.0121. The summed E-state index contributed by atoms with van der Waals surface area (Å²) in [5.74, 6) is -3.49. The Hall–Kier alpha value is -2.77. The molecule has 0 aromatic heterocycles. The van der Waals surface area contributed by atoms with Gasteiger partial charge in [0.05, 0.1) is 30.0 Å². The van der Waals surface area contributed by atoms with E-state index in [2.05, 4.69) is 10.6 Å². The Kier molecular flexibility index (Phi) is 2.53. The van der Waals surface area contributed by atoms with Crippen LogP contribution in [-0.4, -0.2) is 36.6 Å². The van der Waals surface area contributed by atoms with Gasteiger partial charge < -0.3 is 10.2 Å². The summed E-state index contributed by atoms with van der Waals surface area (Å²) in [5.41, 5.74) is 0.112. The van der Waals surface area contributed by atoms with Gasteiger partial charge >= 0.3 is 0 Å². The number of halogens is 1. The average Bonchev–Trinajstić information content (AvgIpc) is 2.63. The Bertz CT molecular complexity index is 670. The maximum Gasteiger partial charge on any atom is 0.296 e. The number of rotatable bonds is 1. The zero-order chi connectivity index (χ0) is 14.4. The van der Waals surface area contributed by atoms with Gasteiger partial charge in [0.1, 0.15) is 5.82 Å². The highest BCUT2D eigenvalue weighted by Crippen LogP contribution is 2.31. The number of imide groups is 1. The second kappa shape index (κ2) is 4.12. The first-order valence-corrected chi connectivity index (χ1v) is 5.72. The fourth-order valence-electron chi connectivity index (χ4n) is 2.20. The molecule has 0 radical (unpaired) electrons.